The molecule has 0 radical (unpaired) electrons. The zero-order valence-corrected chi connectivity index (χ0v) is 12.1. The Balaban J connectivity index is 1.99. The Kier molecular flexibility index (Phi) is 3.65. The first-order chi connectivity index (χ1) is 10.7. The molecule has 0 amide bonds. The smallest absolute Gasteiger partial charge is 0.493 e. The monoisotopic (exact) mass is 298 g/mol. The number of carbonyl (C=O) groups is 1. The molecule has 0 saturated carbocycles. The quantitative estimate of drug-likeness (QED) is 0.592. The minimum Gasteiger partial charge on any atom is -0.493 e. The normalized spacial score (nSPS) is 10.5. The van der Waals surface area contributed by atoms with Gasteiger partial charge in [0.25, 0.3) is 0 Å². The Labute approximate surface area is 126 Å². The van der Waals surface area contributed by atoms with E-state index < -0.39 is 6.16 Å². The second-order valence-electron chi connectivity index (χ2n) is 4.52. The summed E-state index contributed by atoms with van der Waals surface area (Å²) in [5.74, 6) is 1.42. The van der Waals surface area contributed by atoms with Crippen molar-refractivity contribution in [1.82, 2.24) is 9.97 Å². The number of benzene rings is 2. The molecule has 0 unspecified atom stereocenters. The largest absolute Gasteiger partial charge is 0.513 e. The Morgan fingerprint density at radius 2 is 1.91 bits per heavy atom. The van der Waals surface area contributed by atoms with Gasteiger partial charge in [0, 0.05) is 5.56 Å². The number of ether oxygens (including phenoxy) is 3. The lowest BCUT2D eigenvalue weighted by atomic mass is 10.2. The van der Waals surface area contributed by atoms with Crippen molar-refractivity contribution in [2.24, 2.45) is 0 Å². The van der Waals surface area contributed by atoms with Crippen LogP contribution in [0.4, 0.5) is 4.79 Å². The average Bonchev–Trinajstić information content (AvgIpc) is 2.99. The van der Waals surface area contributed by atoms with Crippen LogP contribution < -0.4 is 9.47 Å². The van der Waals surface area contributed by atoms with E-state index in [1.165, 1.54) is 14.2 Å². The van der Waals surface area contributed by atoms with E-state index in [0.717, 1.165) is 16.6 Å². The van der Waals surface area contributed by atoms with Gasteiger partial charge in [0.15, 0.2) is 11.5 Å². The number of rotatable bonds is 3. The average molecular weight is 298 g/mol. The first-order valence-corrected chi connectivity index (χ1v) is 6.60. The number of nitrogens with one attached hydrogen (secondary N) is 1. The number of methoxy groups -OCH3 is 2. The predicted molar refractivity (Wildman–Crippen MR) is 81.1 cm³/mol. The number of aromatic nitrogens is 2. The maximum atomic E-state index is 11.2. The van der Waals surface area contributed by atoms with Gasteiger partial charge in [-0.3, -0.25) is 0 Å². The topological polar surface area (TPSA) is 73.4 Å². The number of hydrogen-bond acceptors (Lipinski definition) is 5. The molecular formula is C16H14N2O4. The van der Waals surface area contributed by atoms with Crippen molar-refractivity contribution in [1.29, 1.82) is 0 Å². The SMILES string of the molecule is COC(=O)Oc1ccc(-c2nc3ccccc3[nH]2)cc1OC. The maximum absolute atomic E-state index is 11.2. The van der Waals surface area contributed by atoms with E-state index in [1.54, 1.807) is 18.2 Å². The van der Waals surface area contributed by atoms with E-state index in [1.807, 2.05) is 24.3 Å². The van der Waals surface area contributed by atoms with Crippen LogP contribution in [-0.4, -0.2) is 30.3 Å². The van der Waals surface area contributed by atoms with Crippen molar-refractivity contribution in [3.05, 3.63) is 42.5 Å². The Hall–Kier alpha value is -3.02. The summed E-state index contributed by atoms with van der Waals surface area (Å²) in [6.45, 7) is 0. The fourth-order valence-electron chi connectivity index (χ4n) is 2.12. The number of imidazole rings is 1. The summed E-state index contributed by atoms with van der Waals surface area (Å²) in [5, 5.41) is 0. The predicted octanol–water partition coefficient (Wildman–Crippen LogP) is 3.38. The van der Waals surface area contributed by atoms with Crippen molar-refractivity contribution in [2.75, 3.05) is 14.2 Å². The Morgan fingerprint density at radius 1 is 1.09 bits per heavy atom. The summed E-state index contributed by atoms with van der Waals surface area (Å²) >= 11 is 0. The van der Waals surface area contributed by atoms with E-state index >= 15 is 0 Å². The molecule has 6 heteroatoms. The van der Waals surface area contributed by atoms with Crippen LogP contribution in [0, 0.1) is 0 Å². The van der Waals surface area contributed by atoms with E-state index in [9.17, 15) is 4.79 Å². The van der Waals surface area contributed by atoms with Gasteiger partial charge in [-0.1, -0.05) is 12.1 Å². The molecule has 3 aromatic rings. The van der Waals surface area contributed by atoms with Crippen LogP contribution in [-0.2, 0) is 4.74 Å². The summed E-state index contributed by atoms with van der Waals surface area (Å²) in [5.41, 5.74) is 2.66. The molecule has 22 heavy (non-hydrogen) atoms. The van der Waals surface area contributed by atoms with Gasteiger partial charge in [0.1, 0.15) is 5.82 Å². The number of hydrogen-bond donors (Lipinski definition) is 1. The molecule has 0 atom stereocenters. The van der Waals surface area contributed by atoms with Gasteiger partial charge in [0.05, 0.1) is 25.3 Å². The lowest BCUT2D eigenvalue weighted by Crippen LogP contribution is -2.08. The van der Waals surface area contributed by atoms with Gasteiger partial charge in [-0.2, -0.15) is 0 Å². The number of carbonyl (C=O) groups excluding carboxylic acids is 1. The number of fused-ring (bicyclic) bond motifs is 1. The Morgan fingerprint density at radius 3 is 2.64 bits per heavy atom. The molecule has 0 spiro atoms. The van der Waals surface area contributed by atoms with Crippen LogP contribution in [0.1, 0.15) is 0 Å². The molecule has 0 saturated heterocycles. The summed E-state index contributed by atoms with van der Waals surface area (Å²) in [6.07, 6.45) is -0.796. The van der Waals surface area contributed by atoms with Crippen molar-refractivity contribution in [3.63, 3.8) is 0 Å². The lowest BCUT2D eigenvalue weighted by molar-refractivity contribution is 0.120. The second-order valence-corrected chi connectivity index (χ2v) is 4.52. The molecular weight excluding hydrogens is 284 g/mol. The molecule has 0 aliphatic heterocycles. The zero-order valence-electron chi connectivity index (χ0n) is 12.1. The molecule has 3 rings (SSSR count). The molecule has 0 fully saturated rings. The fraction of sp³-hybridized carbons (Fsp3) is 0.125. The van der Waals surface area contributed by atoms with Crippen LogP contribution in [0.3, 0.4) is 0 Å². The third-order valence-corrected chi connectivity index (χ3v) is 3.19. The first kappa shape index (κ1) is 13.9. The molecule has 0 bridgehead atoms. The maximum Gasteiger partial charge on any atom is 0.513 e. The van der Waals surface area contributed by atoms with Gasteiger partial charge < -0.3 is 19.2 Å². The standard InChI is InChI=1S/C16H14N2O4/c1-20-14-9-10(7-8-13(14)22-16(19)21-2)15-17-11-5-3-4-6-12(11)18-15/h3-9H,1-2H3,(H,17,18). The highest BCUT2D eigenvalue weighted by Gasteiger charge is 2.13. The van der Waals surface area contributed by atoms with Gasteiger partial charge in [-0.25, -0.2) is 9.78 Å². The number of nitrogens with zero attached hydrogens (tertiary/aromatic N) is 1. The van der Waals surface area contributed by atoms with Gasteiger partial charge in [-0.15, -0.1) is 0 Å². The number of H-pyrrole nitrogens is 1. The van der Waals surface area contributed by atoms with E-state index in [4.69, 9.17) is 9.47 Å². The third kappa shape index (κ3) is 2.58. The van der Waals surface area contributed by atoms with Crippen molar-refractivity contribution in [3.8, 4) is 22.9 Å². The minimum absolute atomic E-state index is 0.286. The highest BCUT2D eigenvalue weighted by atomic mass is 16.7. The van der Waals surface area contributed by atoms with Crippen LogP contribution in [0.15, 0.2) is 42.5 Å². The highest BCUT2D eigenvalue weighted by molar-refractivity contribution is 5.79. The van der Waals surface area contributed by atoms with Crippen molar-refractivity contribution < 1.29 is 19.0 Å². The molecule has 112 valence electrons. The first-order valence-electron chi connectivity index (χ1n) is 6.60. The van der Waals surface area contributed by atoms with Crippen molar-refractivity contribution >= 4 is 17.2 Å². The molecule has 1 heterocycles. The summed E-state index contributed by atoms with van der Waals surface area (Å²) in [7, 11) is 2.75. The Bertz CT molecular complexity index is 793. The molecule has 6 nitrogen and oxygen atoms in total. The highest BCUT2D eigenvalue weighted by Crippen LogP contribution is 2.32. The van der Waals surface area contributed by atoms with Crippen LogP contribution in [0.25, 0.3) is 22.4 Å². The summed E-state index contributed by atoms with van der Waals surface area (Å²) in [4.78, 5) is 19.0. The molecule has 0 aliphatic rings. The van der Waals surface area contributed by atoms with Crippen molar-refractivity contribution in [2.45, 2.75) is 0 Å². The van der Waals surface area contributed by atoms with Crippen LogP contribution in [0.2, 0.25) is 0 Å². The number of para-hydroxylation sites is 2. The van der Waals surface area contributed by atoms with Crippen LogP contribution in [0.5, 0.6) is 11.5 Å². The third-order valence-electron chi connectivity index (χ3n) is 3.19. The minimum atomic E-state index is -0.796. The van der Waals surface area contributed by atoms with E-state index in [-0.39, 0.29) is 5.75 Å². The molecule has 2 aromatic carbocycles. The molecule has 0 aliphatic carbocycles. The second kappa shape index (κ2) is 5.77. The molecule has 1 aromatic heterocycles. The fourth-order valence-corrected chi connectivity index (χ4v) is 2.12. The zero-order chi connectivity index (χ0) is 15.5. The lowest BCUT2D eigenvalue weighted by Gasteiger charge is -2.09. The summed E-state index contributed by atoms with van der Waals surface area (Å²) in [6, 6.07) is 12.9. The van der Waals surface area contributed by atoms with Gasteiger partial charge >= 0.3 is 6.16 Å². The van der Waals surface area contributed by atoms with Crippen LogP contribution >= 0.6 is 0 Å². The van der Waals surface area contributed by atoms with Gasteiger partial charge in [-0.05, 0) is 30.3 Å². The number of aromatic amines is 1. The van der Waals surface area contributed by atoms with E-state index in [2.05, 4.69) is 14.7 Å². The van der Waals surface area contributed by atoms with E-state index in [0.29, 0.717) is 11.6 Å². The molecule has 1 N–H and O–H groups in total. The van der Waals surface area contributed by atoms with Gasteiger partial charge in [0.2, 0.25) is 0 Å². The summed E-state index contributed by atoms with van der Waals surface area (Å²) < 4.78 is 14.7.